The van der Waals surface area contributed by atoms with Gasteiger partial charge in [0.05, 0.1) is 22.9 Å². The van der Waals surface area contributed by atoms with Crippen LogP contribution in [0.1, 0.15) is 22.8 Å². The third-order valence-electron chi connectivity index (χ3n) is 2.47. The van der Waals surface area contributed by atoms with E-state index in [9.17, 15) is 4.79 Å². The molecular formula is C13H15N3OS. The van der Waals surface area contributed by atoms with Gasteiger partial charge in [-0.15, -0.1) is 11.3 Å². The number of thiazole rings is 1. The highest BCUT2D eigenvalue weighted by atomic mass is 32.1. The molecule has 2 aromatic heterocycles. The van der Waals surface area contributed by atoms with E-state index < -0.39 is 0 Å². The molecule has 1 amide bonds. The fourth-order valence-electron chi connectivity index (χ4n) is 1.54. The smallest absolute Gasteiger partial charge is 0.220 e. The highest BCUT2D eigenvalue weighted by molar-refractivity contribution is 7.09. The molecule has 0 saturated carbocycles. The lowest BCUT2D eigenvalue weighted by atomic mass is 10.2. The Morgan fingerprint density at radius 1 is 1.39 bits per heavy atom. The van der Waals surface area contributed by atoms with Gasteiger partial charge in [-0.3, -0.25) is 9.78 Å². The molecule has 4 nitrogen and oxygen atoms in total. The maximum Gasteiger partial charge on any atom is 0.220 e. The summed E-state index contributed by atoms with van der Waals surface area (Å²) in [6.45, 7) is 2.45. The summed E-state index contributed by atoms with van der Waals surface area (Å²) in [5.41, 5.74) is 1.86. The van der Waals surface area contributed by atoms with Crippen LogP contribution in [0.25, 0.3) is 0 Å². The molecule has 0 fully saturated rings. The van der Waals surface area contributed by atoms with Gasteiger partial charge in [0.2, 0.25) is 5.91 Å². The Bertz CT molecular complexity index is 510. The predicted octanol–water partition coefficient (Wildman–Crippen LogP) is 2.10. The number of hydrogen-bond donors (Lipinski definition) is 1. The first-order chi connectivity index (χ1) is 8.74. The molecule has 0 aliphatic heterocycles. The Labute approximate surface area is 110 Å². The van der Waals surface area contributed by atoms with Gasteiger partial charge >= 0.3 is 0 Å². The third-order valence-corrected chi connectivity index (χ3v) is 3.29. The molecular weight excluding hydrogens is 246 g/mol. The van der Waals surface area contributed by atoms with Crippen LogP contribution in [0.15, 0.2) is 29.8 Å². The number of pyridine rings is 1. The van der Waals surface area contributed by atoms with Gasteiger partial charge in [0.15, 0.2) is 0 Å². The Kier molecular flexibility index (Phi) is 4.41. The van der Waals surface area contributed by atoms with E-state index in [1.54, 1.807) is 17.5 Å². The van der Waals surface area contributed by atoms with E-state index in [4.69, 9.17) is 0 Å². The van der Waals surface area contributed by atoms with Gasteiger partial charge in [-0.1, -0.05) is 6.07 Å². The van der Waals surface area contributed by atoms with Crippen molar-refractivity contribution < 1.29 is 4.79 Å². The second-order valence-electron chi connectivity index (χ2n) is 3.96. The quantitative estimate of drug-likeness (QED) is 0.896. The van der Waals surface area contributed by atoms with Gasteiger partial charge in [0, 0.05) is 18.0 Å². The van der Waals surface area contributed by atoms with Crippen LogP contribution in [-0.4, -0.2) is 15.9 Å². The number of hydrogen-bond acceptors (Lipinski definition) is 4. The van der Waals surface area contributed by atoms with Crippen molar-refractivity contribution in [2.24, 2.45) is 0 Å². The first kappa shape index (κ1) is 12.7. The van der Waals surface area contributed by atoms with E-state index in [2.05, 4.69) is 15.3 Å². The van der Waals surface area contributed by atoms with E-state index in [-0.39, 0.29) is 5.91 Å². The third kappa shape index (κ3) is 3.92. The van der Waals surface area contributed by atoms with Crippen LogP contribution in [0.3, 0.4) is 0 Å². The Balaban J connectivity index is 1.73. The van der Waals surface area contributed by atoms with Crippen LogP contribution in [0.5, 0.6) is 0 Å². The van der Waals surface area contributed by atoms with Gasteiger partial charge in [-0.05, 0) is 25.5 Å². The van der Waals surface area contributed by atoms with Crippen molar-refractivity contribution in [1.29, 1.82) is 0 Å². The number of rotatable bonds is 5. The first-order valence-electron chi connectivity index (χ1n) is 5.81. The molecule has 0 unspecified atom stereocenters. The molecule has 0 aliphatic carbocycles. The monoisotopic (exact) mass is 261 g/mol. The lowest BCUT2D eigenvalue weighted by Crippen LogP contribution is -2.23. The average molecular weight is 261 g/mol. The molecule has 0 atom stereocenters. The second-order valence-corrected chi connectivity index (χ2v) is 5.02. The molecule has 0 radical (unpaired) electrons. The molecule has 18 heavy (non-hydrogen) atoms. The number of carbonyl (C=O) groups is 1. The number of nitrogens with zero attached hydrogens (tertiary/aromatic N) is 2. The topological polar surface area (TPSA) is 54.9 Å². The molecule has 2 aromatic rings. The summed E-state index contributed by atoms with van der Waals surface area (Å²) in [6, 6.07) is 5.66. The Morgan fingerprint density at radius 2 is 2.28 bits per heavy atom. The van der Waals surface area contributed by atoms with E-state index in [1.165, 1.54) is 0 Å². The first-order valence-corrected chi connectivity index (χ1v) is 6.69. The second kappa shape index (κ2) is 6.26. The standard InChI is InChI=1S/C13H15N3OS/c1-10-16-12(9-18-10)5-6-13(17)15-8-11-4-2-3-7-14-11/h2-4,7,9H,5-6,8H2,1H3,(H,15,17). The van der Waals surface area contributed by atoms with Gasteiger partial charge in [0.1, 0.15) is 0 Å². The summed E-state index contributed by atoms with van der Waals surface area (Å²) in [6.07, 6.45) is 2.88. The molecule has 0 aromatic carbocycles. The summed E-state index contributed by atoms with van der Waals surface area (Å²) in [4.78, 5) is 20.1. The molecule has 0 saturated heterocycles. The van der Waals surface area contributed by atoms with Crippen LogP contribution in [-0.2, 0) is 17.8 Å². The van der Waals surface area contributed by atoms with E-state index in [1.807, 2.05) is 30.5 Å². The maximum absolute atomic E-state index is 11.6. The average Bonchev–Trinajstić information content (AvgIpc) is 2.81. The minimum absolute atomic E-state index is 0.0336. The SMILES string of the molecule is Cc1nc(CCC(=O)NCc2ccccn2)cs1. The van der Waals surface area contributed by atoms with Crippen molar-refractivity contribution >= 4 is 17.2 Å². The number of carbonyl (C=O) groups excluding carboxylic acids is 1. The molecule has 2 heterocycles. The lowest BCUT2D eigenvalue weighted by molar-refractivity contribution is -0.121. The fraction of sp³-hybridized carbons (Fsp3) is 0.308. The van der Waals surface area contributed by atoms with Crippen molar-refractivity contribution in [3.8, 4) is 0 Å². The minimum atomic E-state index is 0.0336. The van der Waals surface area contributed by atoms with Gasteiger partial charge in [0.25, 0.3) is 0 Å². The molecule has 0 spiro atoms. The lowest BCUT2D eigenvalue weighted by Gasteiger charge is -2.03. The zero-order chi connectivity index (χ0) is 12.8. The van der Waals surface area contributed by atoms with Gasteiger partial charge < -0.3 is 5.32 Å². The summed E-state index contributed by atoms with van der Waals surface area (Å²) < 4.78 is 0. The van der Waals surface area contributed by atoms with Crippen molar-refractivity contribution in [2.75, 3.05) is 0 Å². The van der Waals surface area contributed by atoms with E-state index >= 15 is 0 Å². The Morgan fingerprint density at radius 3 is 2.94 bits per heavy atom. The van der Waals surface area contributed by atoms with Crippen LogP contribution in [0, 0.1) is 6.92 Å². The number of nitrogens with one attached hydrogen (secondary N) is 1. The summed E-state index contributed by atoms with van der Waals surface area (Å²) in [7, 11) is 0. The highest BCUT2D eigenvalue weighted by Gasteiger charge is 2.04. The normalized spacial score (nSPS) is 10.3. The zero-order valence-corrected chi connectivity index (χ0v) is 11.0. The largest absolute Gasteiger partial charge is 0.350 e. The molecule has 1 N–H and O–H groups in total. The maximum atomic E-state index is 11.6. The van der Waals surface area contributed by atoms with Crippen molar-refractivity contribution in [3.05, 3.63) is 46.2 Å². The highest BCUT2D eigenvalue weighted by Crippen LogP contribution is 2.09. The van der Waals surface area contributed by atoms with Crippen LogP contribution in [0.2, 0.25) is 0 Å². The summed E-state index contributed by atoms with van der Waals surface area (Å²) >= 11 is 1.61. The predicted molar refractivity (Wildman–Crippen MR) is 71.3 cm³/mol. The van der Waals surface area contributed by atoms with E-state index in [0.717, 1.165) is 16.4 Å². The summed E-state index contributed by atoms with van der Waals surface area (Å²) in [5, 5.41) is 5.89. The van der Waals surface area contributed by atoms with Crippen LogP contribution in [0.4, 0.5) is 0 Å². The summed E-state index contributed by atoms with van der Waals surface area (Å²) in [5.74, 6) is 0.0336. The van der Waals surface area contributed by atoms with Gasteiger partial charge in [-0.25, -0.2) is 4.98 Å². The molecule has 0 aliphatic rings. The molecule has 94 valence electrons. The fourth-order valence-corrected chi connectivity index (χ4v) is 2.19. The zero-order valence-electron chi connectivity index (χ0n) is 10.2. The van der Waals surface area contributed by atoms with Crippen molar-refractivity contribution in [1.82, 2.24) is 15.3 Å². The van der Waals surface area contributed by atoms with Crippen LogP contribution < -0.4 is 5.32 Å². The molecule has 0 bridgehead atoms. The number of amides is 1. The molecule has 5 heteroatoms. The Hall–Kier alpha value is -1.75. The minimum Gasteiger partial charge on any atom is -0.350 e. The van der Waals surface area contributed by atoms with Crippen molar-refractivity contribution in [2.45, 2.75) is 26.3 Å². The van der Waals surface area contributed by atoms with Crippen molar-refractivity contribution in [3.63, 3.8) is 0 Å². The molecule has 2 rings (SSSR count). The number of aryl methyl sites for hydroxylation is 2. The van der Waals surface area contributed by atoms with Crippen LogP contribution >= 0.6 is 11.3 Å². The number of aromatic nitrogens is 2. The van der Waals surface area contributed by atoms with E-state index in [0.29, 0.717) is 19.4 Å². The van der Waals surface area contributed by atoms with Gasteiger partial charge in [-0.2, -0.15) is 0 Å².